The fourth-order valence-electron chi connectivity index (χ4n) is 3.25. The predicted octanol–water partition coefficient (Wildman–Crippen LogP) is 4.09. The standard InChI is InChI=1S/C22H26N2O3/c1-15(2)27-20-11-5-4-10-19(20)22(26)23-16(3)17-8-6-9-18(14-17)24-13-7-12-21(24)25/h4-6,8-11,14-16H,7,12-13H2,1-3H3,(H,23,26). The Kier molecular flexibility index (Phi) is 5.79. The van der Waals surface area contributed by atoms with Gasteiger partial charge in [-0.15, -0.1) is 0 Å². The second-order valence-electron chi connectivity index (χ2n) is 7.10. The highest BCUT2D eigenvalue weighted by Gasteiger charge is 2.22. The maximum Gasteiger partial charge on any atom is 0.255 e. The lowest BCUT2D eigenvalue weighted by Crippen LogP contribution is -2.28. The van der Waals surface area contributed by atoms with Crippen molar-refractivity contribution in [1.82, 2.24) is 5.32 Å². The van der Waals surface area contributed by atoms with Crippen molar-refractivity contribution in [3.05, 3.63) is 59.7 Å². The molecule has 2 amide bonds. The van der Waals surface area contributed by atoms with Crippen LogP contribution in [-0.4, -0.2) is 24.5 Å². The molecule has 1 aliphatic rings. The van der Waals surface area contributed by atoms with Crippen LogP contribution in [-0.2, 0) is 4.79 Å². The van der Waals surface area contributed by atoms with Gasteiger partial charge in [0.25, 0.3) is 5.91 Å². The van der Waals surface area contributed by atoms with Gasteiger partial charge in [-0.05, 0) is 57.0 Å². The van der Waals surface area contributed by atoms with E-state index in [1.165, 1.54) is 0 Å². The first-order valence-electron chi connectivity index (χ1n) is 9.42. The van der Waals surface area contributed by atoms with E-state index in [-0.39, 0.29) is 24.0 Å². The number of benzene rings is 2. The Morgan fingerprint density at radius 2 is 1.89 bits per heavy atom. The summed E-state index contributed by atoms with van der Waals surface area (Å²) in [5, 5.41) is 3.03. The summed E-state index contributed by atoms with van der Waals surface area (Å²) in [5.74, 6) is 0.554. The molecule has 0 radical (unpaired) electrons. The molecule has 0 saturated carbocycles. The maximum absolute atomic E-state index is 12.8. The van der Waals surface area contributed by atoms with E-state index in [4.69, 9.17) is 4.74 Å². The average molecular weight is 366 g/mol. The van der Waals surface area contributed by atoms with Crippen molar-refractivity contribution >= 4 is 17.5 Å². The van der Waals surface area contributed by atoms with Crippen LogP contribution in [0.2, 0.25) is 0 Å². The lowest BCUT2D eigenvalue weighted by atomic mass is 10.1. The van der Waals surface area contributed by atoms with E-state index in [0.29, 0.717) is 17.7 Å². The molecule has 1 unspecified atom stereocenters. The molecule has 1 aliphatic heterocycles. The summed E-state index contributed by atoms with van der Waals surface area (Å²) in [4.78, 5) is 26.6. The molecule has 1 saturated heterocycles. The largest absolute Gasteiger partial charge is 0.490 e. The summed E-state index contributed by atoms with van der Waals surface area (Å²) in [5.41, 5.74) is 2.37. The fourth-order valence-corrected chi connectivity index (χ4v) is 3.25. The molecule has 3 rings (SSSR count). The summed E-state index contributed by atoms with van der Waals surface area (Å²) in [6, 6.07) is 14.9. The molecule has 1 N–H and O–H groups in total. The zero-order valence-electron chi connectivity index (χ0n) is 16.1. The third-order valence-electron chi connectivity index (χ3n) is 4.60. The van der Waals surface area contributed by atoms with Crippen LogP contribution in [0.25, 0.3) is 0 Å². The van der Waals surface area contributed by atoms with E-state index in [9.17, 15) is 9.59 Å². The molecule has 0 aliphatic carbocycles. The number of carbonyl (C=O) groups is 2. The Bertz CT molecular complexity index is 832. The van der Waals surface area contributed by atoms with Crippen LogP contribution < -0.4 is 15.0 Å². The topological polar surface area (TPSA) is 58.6 Å². The number of nitrogens with one attached hydrogen (secondary N) is 1. The first-order valence-corrected chi connectivity index (χ1v) is 9.42. The van der Waals surface area contributed by atoms with Crippen LogP contribution in [0.3, 0.4) is 0 Å². The Morgan fingerprint density at radius 3 is 2.59 bits per heavy atom. The summed E-state index contributed by atoms with van der Waals surface area (Å²) >= 11 is 0. The smallest absolute Gasteiger partial charge is 0.255 e. The third kappa shape index (κ3) is 4.48. The van der Waals surface area contributed by atoms with Gasteiger partial charge in [-0.1, -0.05) is 24.3 Å². The second kappa shape index (κ2) is 8.25. The highest BCUT2D eigenvalue weighted by atomic mass is 16.5. The van der Waals surface area contributed by atoms with E-state index >= 15 is 0 Å². The lowest BCUT2D eigenvalue weighted by Gasteiger charge is -2.20. The van der Waals surface area contributed by atoms with Gasteiger partial charge < -0.3 is 15.0 Å². The van der Waals surface area contributed by atoms with E-state index in [2.05, 4.69) is 5.32 Å². The molecule has 27 heavy (non-hydrogen) atoms. The van der Waals surface area contributed by atoms with Gasteiger partial charge in [0.2, 0.25) is 5.91 Å². The Balaban J connectivity index is 1.75. The second-order valence-corrected chi connectivity index (χ2v) is 7.10. The number of para-hydroxylation sites is 1. The van der Waals surface area contributed by atoms with Crippen LogP contribution in [0.1, 0.15) is 55.6 Å². The number of amides is 2. The quantitative estimate of drug-likeness (QED) is 0.838. The van der Waals surface area contributed by atoms with Gasteiger partial charge in [-0.25, -0.2) is 0 Å². The molecule has 2 aromatic rings. The Morgan fingerprint density at radius 1 is 1.11 bits per heavy atom. The molecule has 0 aromatic heterocycles. The minimum absolute atomic E-state index is 0.00828. The Labute approximate surface area is 160 Å². The van der Waals surface area contributed by atoms with Gasteiger partial charge in [-0.3, -0.25) is 9.59 Å². The molecule has 2 aromatic carbocycles. The van der Waals surface area contributed by atoms with E-state index < -0.39 is 0 Å². The van der Waals surface area contributed by atoms with Gasteiger partial charge in [-0.2, -0.15) is 0 Å². The SMILES string of the molecule is CC(C)Oc1ccccc1C(=O)NC(C)c1cccc(N2CCCC2=O)c1. The number of carbonyl (C=O) groups excluding carboxylic acids is 2. The molecule has 1 atom stereocenters. The van der Waals surface area contributed by atoms with Crippen LogP contribution >= 0.6 is 0 Å². The Hall–Kier alpha value is -2.82. The first kappa shape index (κ1) is 19.0. The monoisotopic (exact) mass is 366 g/mol. The van der Waals surface area contributed by atoms with Crippen molar-refractivity contribution in [3.8, 4) is 5.75 Å². The third-order valence-corrected chi connectivity index (χ3v) is 4.60. The summed E-state index contributed by atoms with van der Waals surface area (Å²) in [7, 11) is 0. The van der Waals surface area contributed by atoms with Crippen LogP contribution in [0.5, 0.6) is 5.75 Å². The molecule has 0 spiro atoms. The molecule has 1 fully saturated rings. The maximum atomic E-state index is 12.8. The number of rotatable bonds is 6. The summed E-state index contributed by atoms with van der Waals surface area (Å²) in [6.07, 6.45) is 1.48. The van der Waals surface area contributed by atoms with Gasteiger partial charge in [0.15, 0.2) is 0 Å². The van der Waals surface area contributed by atoms with Crippen molar-refractivity contribution in [2.45, 2.75) is 45.8 Å². The zero-order valence-corrected chi connectivity index (χ0v) is 16.1. The minimum atomic E-state index is -0.192. The van der Waals surface area contributed by atoms with Gasteiger partial charge in [0.05, 0.1) is 17.7 Å². The van der Waals surface area contributed by atoms with Crippen molar-refractivity contribution < 1.29 is 14.3 Å². The number of hydrogen-bond donors (Lipinski definition) is 1. The van der Waals surface area contributed by atoms with E-state index in [1.54, 1.807) is 12.1 Å². The lowest BCUT2D eigenvalue weighted by molar-refractivity contribution is -0.117. The highest BCUT2D eigenvalue weighted by molar-refractivity contribution is 5.97. The predicted molar refractivity (Wildman–Crippen MR) is 106 cm³/mol. The normalized spacial score (nSPS) is 15.1. The molecular weight excluding hydrogens is 340 g/mol. The minimum Gasteiger partial charge on any atom is -0.490 e. The molecule has 142 valence electrons. The van der Waals surface area contributed by atoms with Crippen LogP contribution in [0.15, 0.2) is 48.5 Å². The van der Waals surface area contributed by atoms with E-state index in [0.717, 1.165) is 24.2 Å². The molecule has 5 heteroatoms. The van der Waals surface area contributed by atoms with Crippen molar-refractivity contribution in [3.63, 3.8) is 0 Å². The number of nitrogens with zero attached hydrogens (tertiary/aromatic N) is 1. The fraction of sp³-hybridized carbons (Fsp3) is 0.364. The van der Waals surface area contributed by atoms with Crippen LogP contribution in [0.4, 0.5) is 5.69 Å². The van der Waals surface area contributed by atoms with Crippen LogP contribution in [0, 0.1) is 0 Å². The molecule has 1 heterocycles. The van der Waals surface area contributed by atoms with E-state index in [1.807, 2.05) is 62.1 Å². The average Bonchev–Trinajstić information content (AvgIpc) is 3.07. The highest BCUT2D eigenvalue weighted by Crippen LogP contribution is 2.26. The number of anilines is 1. The summed E-state index contributed by atoms with van der Waals surface area (Å²) < 4.78 is 5.75. The zero-order chi connectivity index (χ0) is 19.4. The van der Waals surface area contributed by atoms with Crippen molar-refractivity contribution in [2.24, 2.45) is 0 Å². The van der Waals surface area contributed by atoms with Gasteiger partial charge in [0.1, 0.15) is 5.75 Å². The van der Waals surface area contributed by atoms with Gasteiger partial charge in [0, 0.05) is 18.7 Å². The molecule has 0 bridgehead atoms. The van der Waals surface area contributed by atoms with Crippen molar-refractivity contribution in [2.75, 3.05) is 11.4 Å². The number of ether oxygens (including phenoxy) is 1. The molecular formula is C22H26N2O3. The molecule has 5 nitrogen and oxygen atoms in total. The first-order chi connectivity index (χ1) is 13.0. The van der Waals surface area contributed by atoms with Crippen molar-refractivity contribution in [1.29, 1.82) is 0 Å². The summed E-state index contributed by atoms with van der Waals surface area (Å²) in [6.45, 7) is 6.56. The van der Waals surface area contributed by atoms with Gasteiger partial charge >= 0.3 is 0 Å². The number of hydrogen-bond acceptors (Lipinski definition) is 3.